The van der Waals surface area contributed by atoms with E-state index in [4.69, 9.17) is 5.73 Å². The molecule has 0 fully saturated rings. The number of unbranched alkanes of at least 4 members (excludes halogenated alkanes) is 1. The van der Waals surface area contributed by atoms with Gasteiger partial charge in [-0.15, -0.1) is 0 Å². The molecule has 1 heterocycles. The number of rotatable bonds is 8. The number of halogens is 2. The Labute approximate surface area is 214 Å². The minimum atomic E-state index is -1.06. The van der Waals surface area contributed by atoms with E-state index < -0.39 is 42.2 Å². The Balaban J connectivity index is 1.69. The van der Waals surface area contributed by atoms with Gasteiger partial charge in [0, 0.05) is 11.3 Å². The third-order valence-electron chi connectivity index (χ3n) is 6.61. The van der Waals surface area contributed by atoms with E-state index in [0.29, 0.717) is 28.9 Å². The molecule has 1 aliphatic rings. The quantitative estimate of drug-likeness (QED) is 0.336. The van der Waals surface area contributed by atoms with Crippen molar-refractivity contribution in [3.05, 3.63) is 83.7 Å². The monoisotopic (exact) mass is 505 g/mol. The number of nitrogens with two attached hydrogens (primary N) is 1. The number of carbonyl (C=O) groups is 3. The molecule has 0 radical (unpaired) electrons. The van der Waals surface area contributed by atoms with Crippen molar-refractivity contribution in [3.8, 4) is 11.1 Å². The van der Waals surface area contributed by atoms with E-state index in [1.165, 1.54) is 24.3 Å². The van der Waals surface area contributed by atoms with Crippen LogP contribution in [0.5, 0.6) is 0 Å². The molecule has 2 atom stereocenters. The highest BCUT2D eigenvalue weighted by molar-refractivity contribution is 6.22. The Hall–Kier alpha value is -4.07. The van der Waals surface area contributed by atoms with Crippen LogP contribution in [0.1, 0.15) is 43.2 Å². The molecule has 3 amide bonds. The second-order valence-electron chi connectivity index (χ2n) is 9.17. The molecule has 0 aliphatic carbocycles. The van der Waals surface area contributed by atoms with Gasteiger partial charge in [0.1, 0.15) is 11.9 Å². The molecule has 0 saturated heterocycles. The predicted octanol–water partition coefficient (Wildman–Crippen LogP) is 4.92. The summed E-state index contributed by atoms with van der Waals surface area (Å²) >= 11 is 0. The molecule has 0 spiro atoms. The first kappa shape index (κ1) is 26.0. The van der Waals surface area contributed by atoms with Crippen molar-refractivity contribution in [2.75, 3.05) is 17.3 Å². The molecule has 6 nitrogen and oxygen atoms in total. The largest absolute Gasteiger partial charge is 0.398 e. The molecule has 192 valence electrons. The van der Waals surface area contributed by atoms with E-state index in [1.54, 1.807) is 25.1 Å². The van der Waals surface area contributed by atoms with Gasteiger partial charge < -0.3 is 11.1 Å². The topological polar surface area (TPSA) is 92.5 Å². The number of hydrogen-bond donors (Lipinski definition) is 2. The Morgan fingerprint density at radius 3 is 2.49 bits per heavy atom. The van der Waals surface area contributed by atoms with Gasteiger partial charge in [0.05, 0.1) is 24.7 Å². The smallest absolute Gasteiger partial charge is 0.256 e. The number of fused-ring (bicyclic) bond motifs is 3. The predicted molar refractivity (Wildman–Crippen MR) is 139 cm³/mol. The lowest BCUT2D eigenvalue weighted by Gasteiger charge is -2.28. The number of hydrogen-bond acceptors (Lipinski definition) is 4. The summed E-state index contributed by atoms with van der Waals surface area (Å²) < 4.78 is 26.1. The second kappa shape index (κ2) is 11.3. The molecule has 1 aliphatic heterocycles. The van der Waals surface area contributed by atoms with E-state index in [1.807, 2.05) is 24.3 Å². The SMILES string of the molecule is CC1C(=O)N(C(=O)[C@H](CCCCF)NC(=O)Cc2ccc(F)cc2)c2cccc(N)c2-c2ccccc21. The summed E-state index contributed by atoms with van der Waals surface area (Å²) in [6, 6.07) is 16.8. The van der Waals surface area contributed by atoms with Crippen LogP contribution in [0, 0.1) is 5.82 Å². The van der Waals surface area contributed by atoms with Crippen molar-refractivity contribution in [1.82, 2.24) is 5.32 Å². The molecule has 0 aromatic heterocycles. The highest BCUT2D eigenvalue weighted by atomic mass is 19.1. The summed E-state index contributed by atoms with van der Waals surface area (Å²) in [6.07, 6.45) is 0.634. The Morgan fingerprint density at radius 2 is 1.76 bits per heavy atom. The molecule has 8 heteroatoms. The van der Waals surface area contributed by atoms with E-state index >= 15 is 0 Å². The van der Waals surface area contributed by atoms with Crippen molar-refractivity contribution in [3.63, 3.8) is 0 Å². The highest BCUT2D eigenvalue weighted by Gasteiger charge is 2.38. The van der Waals surface area contributed by atoms with Gasteiger partial charge in [0.2, 0.25) is 11.8 Å². The van der Waals surface area contributed by atoms with Crippen LogP contribution in [-0.4, -0.2) is 30.4 Å². The normalized spacial score (nSPS) is 15.4. The summed E-state index contributed by atoms with van der Waals surface area (Å²) in [4.78, 5) is 41.7. The first-order valence-corrected chi connectivity index (χ1v) is 12.3. The maximum atomic E-state index is 14.0. The van der Waals surface area contributed by atoms with Gasteiger partial charge in [-0.3, -0.25) is 18.8 Å². The fourth-order valence-electron chi connectivity index (χ4n) is 4.70. The minimum Gasteiger partial charge on any atom is -0.398 e. The van der Waals surface area contributed by atoms with Gasteiger partial charge >= 0.3 is 0 Å². The average molecular weight is 506 g/mol. The van der Waals surface area contributed by atoms with Crippen LogP contribution < -0.4 is 16.0 Å². The molecule has 0 saturated carbocycles. The lowest BCUT2D eigenvalue weighted by molar-refractivity contribution is -0.131. The number of amides is 3. The van der Waals surface area contributed by atoms with Gasteiger partial charge in [-0.05, 0) is 67.1 Å². The molecule has 3 N–H and O–H groups in total. The van der Waals surface area contributed by atoms with Crippen molar-refractivity contribution >= 4 is 29.1 Å². The fraction of sp³-hybridized carbons (Fsp3) is 0.276. The summed E-state index contributed by atoms with van der Waals surface area (Å²) in [6.45, 7) is 1.17. The summed E-state index contributed by atoms with van der Waals surface area (Å²) in [5, 5.41) is 2.73. The number of benzene rings is 3. The maximum Gasteiger partial charge on any atom is 0.256 e. The van der Waals surface area contributed by atoms with Gasteiger partial charge in [0.25, 0.3) is 5.91 Å². The Bertz CT molecular complexity index is 1310. The van der Waals surface area contributed by atoms with E-state index in [9.17, 15) is 23.2 Å². The number of nitrogen functional groups attached to an aromatic ring is 1. The molecule has 1 unspecified atom stereocenters. The third-order valence-corrected chi connectivity index (χ3v) is 6.61. The van der Waals surface area contributed by atoms with E-state index in [0.717, 1.165) is 16.0 Å². The van der Waals surface area contributed by atoms with Gasteiger partial charge in [0.15, 0.2) is 0 Å². The number of carbonyl (C=O) groups excluding carboxylic acids is 3. The molecular formula is C29H29F2N3O3. The Kier molecular flexibility index (Phi) is 7.96. The zero-order valence-corrected chi connectivity index (χ0v) is 20.5. The van der Waals surface area contributed by atoms with Crippen LogP contribution >= 0.6 is 0 Å². The summed E-state index contributed by atoms with van der Waals surface area (Å²) in [5.41, 5.74) is 9.76. The van der Waals surface area contributed by atoms with E-state index in [-0.39, 0.29) is 19.3 Å². The van der Waals surface area contributed by atoms with Crippen molar-refractivity contribution in [2.45, 2.75) is 44.6 Å². The standard InChI is InChI=1S/C29H29F2N3O3/c1-18-21-7-2-3-8-22(21)27-23(32)9-6-11-25(27)34(28(18)36)29(37)24(10-4-5-16-30)33-26(35)17-19-12-14-20(31)15-13-19/h2-3,6-9,11-15,18,24H,4-5,10,16-17,32H2,1H3,(H,33,35)/t18?,24-/m0/s1. The third kappa shape index (κ3) is 5.53. The van der Waals surface area contributed by atoms with Gasteiger partial charge in [-0.2, -0.15) is 0 Å². The zero-order chi connectivity index (χ0) is 26.5. The zero-order valence-electron chi connectivity index (χ0n) is 20.5. The number of nitrogens with zero attached hydrogens (tertiary/aromatic N) is 1. The molecule has 0 bridgehead atoms. The fourth-order valence-corrected chi connectivity index (χ4v) is 4.70. The van der Waals surface area contributed by atoms with Crippen molar-refractivity contribution < 1.29 is 23.2 Å². The van der Waals surface area contributed by atoms with Crippen LogP contribution in [0.25, 0.3) is 11.1 Å². The van der Waals surface area contributed by atoms with Crippen LogP contribution in [0.2, 0.25) is 0 Å². The van der Waals surface area contributed by atoms with Crippen molar-refractivity contribution in [2.24, 2.45) is 0 Å². The van der Waals surface area contributed by atoms with Gasteiger partial charge in [-0.25, -0.2) is 9.29 Å². The number of imide groups is 1. The lowest BCUT2D eigenvalue weighted by atomic mass is 9.92. The highest BCUT2D eigenvalue weighted by Crippen LogP contribution is 2.44. The van der Waals surface area contributed by atoms with Crippen molar-refractivity contribution in [1.29, 1.82) is 0 Å². The molecule has 3 aromatic rings. The molecule has 37 heavy (non-hydrogen) atoms. The first-order valence-electron chi connectivity index (χ1n) is 12.3. The number of nitrogens with one attached hydrogen (secondary N) is 1. The van der Waals surface area contributed by atoms with Gasteiger partial charge in [-0.1, -0.05) is 42.5 Å². The summed E-state index contributed by atoms with van der Waals surface area (Å²) in [5.74, 6) is -2.57. The maximum absolute atomic E-state index is 14.0. The van der Waals surface area contributed by atoms with Crippen LogP contribution in [0.3, 0.4) is 0 Å². The van der Waals surface area contributed by atoms with Crippen LogP contribution in [0.15, 0.2) is 66.7 Å². The molecular weight excluding hydrogens is 476 g/mol. The summed E-state index contributed by atoms with van der Waals surface area (Å²) in [7, 11) is 0. The molecule has 3 aromatic carbocycles. The van der Waals surface area contributed by atoms with E-state index in [2.05, 4.69) is 5.32 Å². The van der Waals surface area contributed by atoms with Crippen LogP contribution in [-0.2, 0) is 20.8 Å². The van der Waals surface area contributed by atoms with Crippen LogP contribution in [0.4, 0.5) is 20.2 Å². The first-order chi connectivity index (χ1) is 17.8. The Morgan fingerprint density at radius 1 is 1.03 bits per heavy atom. The number of anilines is 2. The minimum absolute atomic E-state index is 0.0769. The lowest BCUT2D eigenvalue weighted by Crippen LogP contribution is -2.52. The molecule has 4 rings (SSSR count). The number of alkyl halides is 1. The second-order valence-corrected chi connectivity index (χ2v) is 9.17. The average Bonchev–Trinajstić information content (AvgIpc) is 2.98.